The van der Waals surface area contributed by atoms with Crippen LogP contribution in [-0.4, -0.2) is 37.5 Å². The number of hydrogen-bond donors (Lipinski definition) is 1. The van der Waals surface area contributed by atoms with Crippen LogP contribution in [0.2, 0.25) is 0 Å². The minimum Gasteiger partial charge on any atom is -0.345 e. The zero-order valence-electron chi connectivity index (χ0n) is 13.2. The fourth-order valence-corrected chi connectivity index (χ4v) is 2.76. The lowest BCUT2D eigenvalue weighted by atomic mass is 9.85. The molecule has 19 heavy (non-hydrogen) atoms. The van der Waals surface area contributed by atoms with Crippen molar-refractivity contribution in [2.24, 2.45) is 17.3 Å². The van der Waals surface area contributed by atoms with Gasteiger partial charge in [0.15, 0.2) is 0 Å². The second-order valence-corrected chi connectivity index (χ2v) is 7.10. The average Bonchev–Trinajstić information content (AvgIpc) is 2.27. The maximum Gasteiger partial charge on any atom is 0.222 e. The first-order valence-electron chi connectivity index (χ1n) is 7.24. The molecule has 0 saturated carbocycles. The second-order valence-electron chi connectivity index (χ2n) is 7.10. The van der Waals surface area contributed by atoms with Gasteiger partial charge >= 0.3 is 0 Å². The summed E-state index contributed by atoms with van der Waals surface area (Å²) >= 11 is 0. The maximum atomic E-state index is 12.2. The van der Waals surface area contributed by atoms with Crippen LogP contribution < -0.4 is 5.32 Å². The highest BCUT2D eigenvalue weighted by Gasteiger charge is 2.24. The van der Waals surface area contributed by atoms with E-state index < -0.39 is 0 Å². The van der Waals surface area contributed by atoms with Crippen LogP contribution >= 0.6 is 12.4 Å². The van der Waals surface area contributed by atoms with Crippen molar-refractivity contribution in [2.75, 3.05) is 26.7 Å². The van der Waals surface area contributed by atoms with E-state index in [-0.39, 0.29) is 17.8 Å². The van der Waals surface area contributed by atoms with E-state index >= 15 is 0 Å². The molecular weight excluding hydrogens is 260 g/mol. The Morgan fingerprint density at radius 3 is 2.53 bits per heavy atom. The molecule has 3 nitrogen and oxygen atoms in total. The molecule has 0 radical (unpaired) electrons. The third-order valence-corrected chi connectivity index (χ3v) is 3.77. The largest absolute Gasteiger partial charge is 0.345 e. The SMILES string of the molecule is CC(CC(=O)N(C)CC(C)(C)C)C1CCCNC1.Cl. The molecule has 1 heterocycles. The third kappa shape index (κ3) is 7.17. The molecule has 0 aromatic heterocycles. The first-order chi connectivity index (χ1) is 8.29. The predicted octanol–water partition coefficient (Wildman–Crippen LogP) is 2.94. The van der Waals surface area contributed by atoms with Gasteiger partial charge in [0.1, 0.15) is 0 Å². The van der Waals surface area contributed by atoms with Crippen molar-refractivity contribution in [3.63, 3.8) is 0 Å². The summed E-state index contributed by atoms with van der Waals surface area (Å²) in [7, 11) is 1.93. The molecule has 1 fully saturated rings. The average molecular weight is 291 g/mol. The molecule has 4 heteroatoms. The highest BCUT2D eigenvalue weighted by Crippen LogP contribution is 2.23. The van der Waals surface area contributed by atoms with E-state index in [1.54, 1.807) is 0 Å². The van der Waals surface area contributed by atoms with Gasteiger partial charge in [-0.3, -0.25) is 4.79 Å². The van der Waals surface area contributed by atoms with Gasteiger partial charge in [0.2, 0.25) is 5.91 Å². The lowest BCUT2D eigenvalue weighted by molar-refractivity contribution is -0.132. The van der Waals surface area contributed by atoms with Gasteiger partial charge in [-0.05, 0) is 43.2 Å². The number of amides is 1. The zero-order valence-corrected chi connectivity index (χ0v) is 14.0. The van der Waals surface area contributed by atoms with Crippen LogP contribution in [0.4, 0.5) is 0 Å². The molecule has 0 aliphatic carbocycles. The fourth-order valence-electron chi connectivity index (χ4n) is 2.76. The van der Waals surface area contributed by atoms with Crippen LogP contribution in [0, 0.1) is 17.3 Å². The van der Waals surface area contributed by atoms with E-state index in [0.29, 0.717) is 24.2 Å². The van der Waals surface area contributed by atoms with Crippen LogP contribution in [-0.2, 0) is 4.79 Å². The topological polar surface area (TPSA) is 32.3 Å². The summed E-state index contributed by atoms with van der Waals surface area (Å²) in [6, 6.07) is 0. The lowest BCUT2D eigenvalue weighted by Gasteiger charge is -2.31. The summed E-state index contributed by atoms with van der Waals surface area (Å²) in [5, 5.41) is 3.43. The molecule has 1 amide bonds. The summed E-state index contributed by atoms with van der Waals surface area (Å²) in [6.45, 7) is 11.8. The van der Waals surface area contributed by atoms with Crippen LogP contribution in [0.25, 0.3) is 0 Å². The van der Waals surface area contributed by atoms with Crippen molar-refractivity contribution >= 4 is 18.3 Å². The Labute approximate surface area is 124 Å². The van der Waals surface area contributed by atoms with Crippen LogP contribution in [0.3, 0.4) is 0 Å². The monoisotopic (exact) mass is 290 g/mol. The molecule has 1 aliphatic rings. The number of carbonyl (C=O) groups excluding carboxylic acids is 1. The van der Waals surface area contributed by atoms with Gasteiger partial charge in [0, 0.05) is 20.0 Å². The second kappa shape index (κ2) is 8.11. The normalized spacial score (nSPS) is 21.4. The molecule has 1 rings (SSSR count). The van der Waals surface area contributed by atoms with Crippen molar-refractivity contribution < 1.29 is 4.79 Å². The highest BCUT2D eigenvalue weighted by molar-refractivity contribution is 5.85. The van der Waals surface area contributed by atoms with Gasteiger partial charge in [-0.15, -0.1) is 12.4 Å². The van der Waals surface area contributed by atoms with E-state index in [9.17, 15) is 4.79 Å². The highest BCUT2D eigenvalue weighted by atomic mass is 35.5. The van der Waals surface area contributed by atoms with E-state index in [1.165, 1.54) is 12.8 Å². The molecule has 1 N–H and O–H groups in total. The van der Waals surface area contributed by atoms with Crippen LogP contribution in [0.5, 0.6) is 0 Å². The first-order valence-corrected chi connectivity index (χ1v) is 7.24. The molecular formula is C15H31ClN2O. The summed E-state index contributed by atoms with van der Waals surface area (Å²) in [5.41, 5.74) is 0.181. The summed E-state index contributed by atoms with van der Waals surface area (Å²) in [5.74, 6) is 1.46. The fraction of sp³-hybridized carbons (Fsp3) is 0.933. The smallest absolute Gasteiger partial charge is 0.222 e. The van der Waals surface area contributed by atoms with Gasteiger partial charge in [0.25, 0.3) is 0 Å². The molecule has 0 spiro atoms. The summed E-state index contributed by atoms with van der Waals surface area (Å²) < 4.78 is 0. The van der Waals surface area contributed by atoms with Gasteiger partial charge in [-0.2, -0.15) is 0 Å². The predicted molar refractivity (Wildman–Crippen MR) is 83.7 cm³/mol. The molecule has 0 aromatic carbocycles. The first kappa shape index (κ1) is 18.7. The van der Waals surface area contributed by atoms with Crippen molar-refractivity contribution in [2.45, 2.75) is 47.0 Å². The number of nitrogens with one attached hydrogen (secondary N) is 1. The van der Waals surface area contributed by atoms with E-state index in [0.717, 1.165) is 19.6 Å². The number of piperidine rings is 1. The van der Waals surface area contributed by atoms with Crippen molar-refractivity contribution in [1.29, 1.82) is 0 Å². The molecule has 0 bridgehead atoms. The number of halogens is 1. The van der Waals surface area contributed by atoms with Gasteiger partial charge in [-0.25, -0.2) is 0 Å². The maximum absolute atomic E-state index is 12.2. The Hall–Kier alpha value is -0.280. The van der Waals surface area contributed by atoms with Crippen LogP contribution in [0.15, 0.2) is 0 Å². The summed E-state index contributed by atoms with van der Waals surface area (Å²) in [4.78, 5) is 14.1. The Morgan fingerprint density at radius 2 is 2.05 bits per heavy atom. The number of nitrogens with zero attached hydrogens (tertiary/aromatic N) is 1. The summed E-state index contributed by atoms with van der Waals surface area (Å²) in [6.07, 6.45) is 3.21. The third-order valence-electron chi connectivity index (χ3n) is 3.77. The Balaban J connectivity index is 0.00000324. The Morgan fingerprint density at radius 1 is 1.42 bits per heavy atom. The molecule has 0 aromatic rings. The van der Waals surface area contributed by atoms with Gasteiger partial charge in [0.05, 0.1) is 0 Å². The Bertz CT molecular complexity index is 270. The molecule has 1 aliphatic heterocycles. The standard InChI is InChI=1S/C15H30N2O.ClH/c1-12(13-7-6-8-16-10-13)9-14(18)17(5)11-15(2,3)4;/h12-13,16H,6-11H2,1-5H3;1H. The number of hydrogen-bond acceptors (Lipinski definition) is 2. The Kier molecular flexibility index (Phi) is 7.99. The molecule has 114 valence electrons. The van der Waals surface area contributed by atoms with Crippen molar-refractivity contribution in [1.82, 2.24) is 10.2 Å². The number of rotatable bonds is 4. The van der Waals surface area contributed by atoms with E-state index in [2.05, 4.69) is 33.0 Å². The van der Waals surface area contributed by atoms with Crippen molar-refractivity contribution in [3.8, 4) is 0 Å². The van der Waals surface area contributed by atoms with E-state index in [4.69, 9.17) is 0 Å². The van der Waals surface area contributed by atoms with Gasteiger partial charge < -0.3 is 10.2 Å². The molecule has 2 atom stereocenters. The van der Waals surface area contributed by atoms with E-state index in [1.807, 2.05) is 11.9 Å². The number of carbonyl (C=O) groups is 1. The molecule has 2 unspecified atom stereocenters. The van der Waals surface area contributed by atoms with Gasteiger partial charge in [-0.1, -0.05) is 27.7 Å². The van der Waals surface area contributed by atoms with Crippen LogP contribution in [0.1, 0.15) is 47.0 Å². The minimum absolute atomic E-state index is 0. The quantitative estimate of drug-likeness (QED) is 0.863. The van der Waals surface area contributed by atoms with Crippen molar-refractivity contribution in [3.05, 3.63) is 0 Å². The lowest BCUT2D eigenvalue weighted by Crippen LogP contribution is -2.38. The molecule has 1 saturated heterocycles. The minimum atomic E-state index is 0. The zero-order chi connectivity index (χ0) is 13.8.